The third kappa shape index (κ3) is 5.57. The number of carbonyl (C=O) groups is 2. The zero-order chi connectivity index (χ0) is 26.7. The van der Waals surface area contributed by atoms with Gasteiger partial charge >= 0.3 is 5.97 Å². The van der Waals surface area contributed by atoms with Crippen LogP contribution < -0.4 is 14.9 Å². The Labute approximate surface area is 215 Å². The van der Waals surface area contributed by atoms with Gasteiger partial charge in [-0.2, -0.15) is 0 Å². The Balaban J connectivity index is 1.70. The minimum Gasteiger partial charge on any atom is -0.478 e. The molecule has 0 aliphatic heterocycles. The van der Waals surface area contributed by atoms with E-state index in [0.717, 1.165) is 16.6 Å². The second kappa shape index (κ2) is 10.3. The van der Waals surface area contributed by atoms with E-state index in [0.29, 0.717) is 5.39 Å². The highest BCUT2D eigenvalue weighted by Crippen LogP contribution is 2.31. The van der Waals surface area contributed by atoms with Crippen molar-refractivity contribution in [1.82, 2.24) is 5.32 Å². The van der Waals surface area contributed by atoms with Crippen molar-refractivity contribution in [2.75, 3.05) is 23.7 Å². The van der Waals surface area contributed by atoms with E-state index < -0.39 is 21.9 Å². The van der Waals surface area contributed by atoms with Crippen molar-refractivity contribution in [1.29, 1.82) is 0 Å². The average molecular weight is 518 g/mol. The number of carboxylic acid groups (broad SMARTS) is 1. The quantitative estimate of drug-likeness (QED) is 0.306. The molecule has 0 aromatic heterocycles. The lowest BCUT2D eigenvalue weighted by molar-refractivity contribution is 0.0697. The number of nitrogens with zero attached hydrogens (tertiary/aromatic N) is 1. The number of anilines is 2. The first kappa shape index (κ1) is 25.7. The maximum Gasteiger partial charge on any atom is 0.335 e. The first-order valence-electron chi connectivity index (χ1n) is 11.5. The van der Waals surface area contributed by atoms with Crippen LogP contribution in [0.25, 0.3) is 10.8 Å². The highest BCUT2D eigenvalue weighted by atomic mass is 32.2. The molecule has 0 spiro atoms. The van der Waals surface area contributed by atoms with E-state index in [9.17, 15) is 23.1 Å². The molecular weight excluding hydrogens is 490 g/mol. The smallest absolute Gasteiger partial charge is 0.335 e. The Morgan fingerprint density at radius 2 is 1.49 bits per heavy atom. The van der Waals surface area contributed by atoms with Gasteiger partial charge in [-0.05, 0) is 42.8 Å². The van der Waals surface area contributed by atoms with Gasteiger partial charge in [0, 0.05) is 36.1 Å². The molecule has 4 rings (SSSR count). The second-order valence-corrected chi connectivity index (χ2v) is 10.5. The number of sulfonamides is 1. The third-order valence-corrected chi connectivity index (χ3v) is 7.41. The van der Waals surface area contributed by atoms with Crippen molar-refractivity contribution in [3.05, 3.63) is 102 Å². The Hall–Kier alpha value is -4.37. The molecular formula is C28H27N3O5S. The number of fused-ring (bicyclic) bond motifs is 1. The fourth-order valence-corrected chi connectivity index (χ4v) is 5.41. The summed E-state index contributed by atoms with van der Waals surface area (Å²) in [6.07, 6.45) is 0. The Bertz CT molecular complexity index is 1580. The molecule has 1 amide bonds. The molecule has 0 radical (unpaired) electrons. The van der Waals surface area contributed by atoms with E-state index in [1.54, 1.807) is 25.1 Å². The Morgan fingerprint density at radius 1 is 0.838 bits per heavy atom. The van der Waals surface area contributed by atoms with Crippen LogP contribution in [0.2, 0.25) is 0 Å². The normalized spacial score (nSPS) is 12.1. The molecule has 0 aliphatic carbocycles. The fraction of sp³-hybridized carbons (Fsp3) is 0.143. The molecule has 190 valence electrons. The van der Waals surface area contributed by atoms with Gasteiger partial charge in [0.2, 0.25) is 0 Å². The fourth-order valence-electron chi connectivity index (χ4n) is 4.15. The SMILES string of the molecule is C[C@@H](NC(=O)c1cc(NS(=O)(=O)c2cccc3c(N(C)C)cccc23)cc(C(=O)O)c1)c1ccccc1. The number of carbonyl (C=O) groups excluding carboxylic acids is 1. The summed E-state index contributed by atoms with van der Waals surface area (Å²) in [5, 5.41) is 13.7. The molecule has 0 saturated heterocycles. The predicted octanol–water partition coefficient (Wildman–Crippen LogP) is 4.90. The van der Waals surface area contributed by atoms with Gasteiger partial charge in [0.1, 0.15) is 0 Å². The van der Waals surface area contributed by atoms with Crippen LogP contribution in [0.1, 0.15) is 39.2 Å². The molecule has 8 nitrogen and oxygen atoms in total. The zero-order valence-electron chi connectivity index (χ0n) is 20.6. The van der Waals surface area contributed by atoms with E-state index in [1.807, 2.05) is 61.5 Å². The second-order valence-electron chi connectivity index (χ2n) is 8.84. The molecule has 0 heterocycles. The minimum absolute atomic E-state index is 0.0215. The van der Waals surface area contributed by atoms with Gasteiger partial charge in [-0.25, -0.2) is 13.2 Å². The van der Waals surface area contributed by atoms with Gasteiger partial charge in [0.25, 0.3) is 15.9 Å². The highest BCUT2D eigenvalue weighted by molar-refractivity contribution is 7.93. The number of nitrogens with one attached hydrogen (secondary N) is 2. The molecule has 4 aromatic carbocycles. The van der Waals surface area contributed by atoms with Crippen LogP contribution in [0.4, 0.5) is 11.4 Å². The lowest BCUT2D eigenvalue weighted by Gasteiger charge is -2.18. The first-order chi connectivity index (χ1) is 17.6. The summed E-state index contributed by atoms with van der Waals surface area (Å²) in [5.41, 5.74) is 1.50. The molecule has 4 aromatic rings. The summed E-state index contributed by atoms with van der Waals surface area (Å²) in [6, 6.07) is 23.1. The number of hydrogen-bond donors (Lipinski definition) is 3. The zero-order valence-corrected chi connectivity index (χ0v) is 21.4. The third-order valence-electron chi connectivity index (χ3n) is 5.97. The Kier molecular flexibility index (Phi) is 7.17. The maximum atomic E-state index is 13.4. The summed E-state index contributed by atoms with van der Waals surface area (Å²) in [4.78, 5) is 26.7. The molecule has 0 saturated carbocycles. The molecule has 9 heteroatoms. The number of benzene rings is 4. The predicted molar refractivity (Wildman–Crippen MR) is 145 cm³/mol. The molecule has 3 N–H and O–H groups in total. The van der Waals surface area contributed by atoms with Gasteiger partial charge in [0.15, 0.2) is 0 Å². The number of rotatable bonds is 8. The standard InChI is InChI=1S/C28H27N3O5S/c1-18(19-9-5-4-6-10-19)29-27(32)20-15-21(28(33)34)17-22(16-20)30-37(35,36)26-14-8-11-23-24(26)12-7-13-25(23)31(2)3/h4-18,30H,1-3H3,(H,29,32)(H,33,34)/t18-/m1/s1. The number of amides is 1. The molecule has 0 aliphatic rings. The van der Waals surface area contributed by atoms with E-state index in [4.69, 9.17) is 0 Å². The maximum absolute atomic E-state index is 13.4. The van der Waals surface area contributed by atoms with E-state index in [1.165, 1.54) is 24.3 Å². The van der Waals surface area contributed by atoms with Crippen LogP contribution in [0.15, 0.2) is 89.8 Å². The van der Waals surface area contributed by atoms with E-state index in [2.05, 4.69) is 10.0 Å². The van der Waals surface area contributed by atoms with Crippen molar-refractivity contribution in [2.24, 2.45) is 0 Å². The lowest BCUT2D eigenvalue weighted by Crippen LogP contribution is -2.27. The van der Waals surface area contributed by atoms with Crippen molar-refractivity contribution < 1.29 is 23.1 Å². The van der Waals surface area contributed by atoms with Crippen LogP contribution >= 0.6 is 0 Å². The lowest BCUT2D eigenvalue weighted by atomic mass is 10.1. The molecule has 0 bridgehead atoms. The molecule has 0 unspecified atom stereocenters. The van der Waals surface area contributed by atoms with E-state index >= 15 is 0 Å². The Morgan fingerprint density at radius 3 is 2.16 bits per heavy atom. The molecule has 37 heavy (non-hydrogen) atoms. The average Bonchev–Trinajstić information content (AvgIpc) is 2.87. The minimum atomic E-state index is -4.13. The molecule has 1 atom stereocenters. The van der Waals surface area contributed by atoms with Gasteiger partial charge in [-0.1, -0.05) is 54.6 Å². The van der Waals surface area contributed by atoms with Crippen LogP contribution in [-0.2, 0) is 10.0 Å². The first-order valence-corrected chi connectivity index (χ1v) is 13.0. The van der Waals surface area contributed by atoms with Crippen LogP contribution in [0, 0.1) is 0 Å². The number of hydrogen-bond acceptors (Lipinski definition) is 5. The summed E-state index contributed by atoms with van der Waals surface area (Å²) in [5.74, 6) is -1.81. The summed E-state index contributed by atoms with van der Waals surface area (Å²) >= 11 is 0. The molecule has 0 fully saturated rings. The summed E-state index contributed by atoms with van der Waals surface area (Å²) in [7, 11) is -0.383. The van der Waals surface area contributed by atoms with Gasteiger partial charge in [-0.3, -0.25) is 9.52 Å². The van der Waals surface area contributed by atoms with Crippen molar-refractivity contribution in [3.8, 4) is 0 Å². The summed E-state index contributed by atoms with van der Waals surface area (Å²) in [6.45, 7) is 1.81. The van der Waals surface area contributed by atoms with Gasteiger partial charge < -0.3 is 15.3 Å². The number of aromatic carboxylic acids is 1. The van der Waals surface area contributed by atoms with Gasteiger partial charge in [0.05, 0.1) is 22.2 Å². The van der Waals surface area contributed by atoms with Crippen LogP contribution in [-0.4, -0.2) is 39.5 Å². The summed E-state index contributed by atoms with van der Waals surface area (Å²) < 4.78 is 29.4. The topological polar surface area (TPSA) is 116 Å². The van der Waals surface area contributed by atoms with Crippen molar-refractivity contribution in [3.63, 3.8) is 0 Å². The van der Waals surface area contributed by atoms with Crippen molar-refractivity contribution >= 4 is 44.0 Å². The van der Waals surface area contributed by atoms with Crippen LogP contribution in [0.5, 0.6) is 0 Å². The van der Waals surface area contributed by atoms with E-state index in [-0.39, 0.29) is 27.8 Å². The number of carboxylic acids is 1. The highest BCUT2D eigenvalue weighted by Gasteiger charge is 2.21. The van der Waals surface area contributed by atoms with Crippen LogP contribution in [0.3, 0.4) is 0 Å². The van der Waals surface area contributed by atoms with Crippen molar-refractivity contribution in [2.45, 2.75) is 17.9 Å². The van der Waals surface area contributed by atoms with Gasteiger partial charge in [-0.15, -0.1) is 0 Å². The largest absolute Gasteiger partial charge is 0.478 e. The monoisotopic (exact) mass is 517 g/mol.